The minimum absolute atomic E-state index is 0.0939. The molecular weight excluding hydrogens is 244 g/mol. The maximum atomic E-state index is 6.11. The summed E-state index contributed by atoms with van der Waals surface area (Å²) in [5.41, 5.74) is 1.05. The summed E-state index contributed by atoms with van der Waals surface area (Å²) < 4.78 is 6.11. The van der Waals surface area contributed by atoms with Gasteiger partial charge in [0.05, 0.1) is 5.69 Å². The smallest absolute Gasteiger partial charge is 0.125 e. The SMILES string of the molecule is CCOC1(c2nc(C(C)NC)cs2)CCCCC1. The fourth-order valence-corrected chi connectivity index (χ4v) is 3.79. The van der Waals surface area contributed by atoms with E-state index in [2.05, 4.69) is 24.5 Å². The van der Waals surface area contributed by atoms with Crippen LogP contribution < -0.4 is 5.32 Å². The Morgan fingerprint density at radius 2 is 2.17 bits per heavy atom. The zero-order valence-corrected chi connectivity index (χ0v) is 12.5. The van der Waals surface area contributed by atoms with E-state index in [-0.39, 0.29) is 5.60 Å². The molecule has 102 valence electrons. The van der Waals surface area contributed by atoms with Gasteiger partial charge >= 0.3 is 0 Å². The van der Waals surface area contributed by atoms with Gasteiger partial charge in [-0.3, -0.25) is 0 Å². The van der Waals surface area contributed by atoms with Crippen LogP contribution in [0.3, 0.4) is 0 Å². The van der Waals surface area contributed by atoms with Crippen molar-refractivity contribution in [3.8, 4) is 0 Å². The average molecular weight is 268 g/mol. The maximum absolute atomic E-state index is 6.11. The second-order valence-corrected chi connectivity index (χ2v) is 5.93. The van der Waals surface area contributed by atoms with Crippen LogP contribution in [0.4, 0.5) is 0 Å². The van der Waals surface area contributed by atoms with Crippen molar-refractivity contribution in [1.29, 1.82) is 0 Å². The zero-order chi connectivity index (χ0) is 13.0. The third kappa shape index (κ3) is 2.76. The number of nitrogens with zero attached hydrogens (tertiary/aromatic N) is 1. The van der Waals surface area contributed by atoms with E-state index in [1.165, 1.54) is 24.3 Å². The first-order valence-corrected chi connectivity index (χ1v) is 7.87. The lowest BCUT2D eigenvalue weighted by Crippen LogP contribution is -2.32. The van der Waals surface area contributed by atoms with Gasteiger partial charge in [0.25, 0.3) is 0 Å². The van der Waals surface area contributed by atoms with E-state index >= 15 is 0 Å². The second-order valence-electron chi connectivity index (χ2n) is 5.08. The van der Waals surface area contributed by atoms with Crippen LogP contribution in [-0.4, -0.2) is 18.6 Å². The Balaban J connectivity index is 2.22. The Kier molecular flexibility index (Phi) is 4.76. The Labute approximate surface area is 114 Å². The van der Waals surface area contributed by atoms with Gasteiger partial charge in [0, 0.05) is 18.0 Å². The summed E-state index contributed by atoms with van der Waals surface area (Å²) in [6, 6.07) is 0.317. The van der Waals surface area contributed by atoms with E-state index < -0.39 is 0 Å². The minimum Gasteiger partial charge on any atom is -0.368 e. The van der Waals surface area contributed by atoms with Crippen molar-refractivity contribution in [3.63, 3.8) is 0 Å². The number of hydrogen-bond donors (Lipinski definition) is 1. The van der Waals surface area contributed by atoms with Gasteiger partial charge in [-0.05, 0) is 33.7 Å². The summed E-state index contributed by atoms with van der Waals surface area (Å²) in [5, 5.41) is 6.60. The molecule has 0 bridgehead atoms. The summed E-state index contributed by atoms with van der Waals surface area (Å²) in [5.74, 6) is 0. The van der Waals surface area contributed by atoms with Crippen molar-refractivity contribution in [2.75, 3.05) is 13.7 Å². The van der Waals surface area contributed by atoms with Crippen LogP contribution >= 0.6 is 11.3 Å². The molecule has 1 aromatic heterocycles. The summed E-state index contributed by atoms with van der Waals surface area (Å²) >= 11 is 1.76. The van der Waals surface area contributed by atoms with Crippen LogP contribution in [0.25, 0.3) is 0 Å². The first-order valence-electron chi connectivity index (χ1n) is 6.99. The highest BCUT2D eigenvalue weighted by Gasteiger charge is 2.37. The molecule has 1 N–H and O–H groups in total. The molecule has 1 aliphatic carbocycles. The number of ether oxygens (including phenoxy) is 1. The number of nitrogens with one attached hydrogen (secondary N) is 1. The molecule has 1 fully saturated rings. The molecule has 0 aliphatic heterocycles. The van der Waals surface area contributed by atoms with Crippen molar-refractivity contribution >= 4 is 11.3 Å². The Morgan fingerprint density at radius 3 is 2.78 bits per heavy atom. The highest BCUT2D eigenvalue weighted by Crippen LogP contribution is 2.42. The predicted octanol–water partition coefficient (Wildman–Crippen LogP) is 3.62. The van der Waals surface area contributed by atoms with Crippen molar-refractivity contribution in [1.82, 2.24) is 10.3 Å². The molecule has 1 aliphatic rings. The molecule has 18 heavy (non-hydrogen) atoms. The summed E-state index contributed by atoms with van der Waals surface area (Å²) in [6.07, 6.45) is 6.11. The summed E-state index contributed by atoms with van der Waals surface area (Å²) in [6.45, 7) is 5.00. The number of aromatic nitrogens is 1. The molecule has 4 heteroatoms. The molecule has 2 rings (SSSR count). The molecule has 1 aromatic rings. The zero-order valence-electron chi connectivity index (χ0n) is 11.7. The lowest BCUT2D eigenvalue weighted by molar-refractivity contribution is -0.0705. The molecule has 1 heterocycles. The van der Waals surface area contributed by atoms with Crippen molar-refractivity contribution in [2.45, 2.75) is 57.6 Å². The minimum atomic E-state index is -0.0939. The molecule has 0 spiro atoms. The fraction of sp³-hybridized carbons (Fsp3) is 0.786. The normalized spacial score (nSPS) is 20.8. The Bertz CT molecular complexity index is 366. The van der Waals surface area contributed by atoms with Crippen molar-refractivity contribution in [3.05, 3.63) is 16.1 Å². The van der Waals surface area contributed by atoms with Gasteiger partial charge < -0.3 is 10.1 Å². The lowest BCUT2D eigenvalue weighted by atomic mass is 9.85. The topological polar surface area (TPSA) is 34.1 Å². The van der Waals surface area contributed by atoms with Gasteiger partial charge in [0.15, 0.2) is 0 Å². The van der Waals surface area contributed by atoms with Crippen LogP contribution in [0, 0.1) is 0 Å². The van der Waals surface area contributed by atoms with E-state index in [1.807, 2.05) is 7.05 Å². The summed E-state index contributed by atoms with van der Waals surface area (Å²) in [4.78, 5) is 4.83. The quantitative estimate of drug-likeness (QED) is 0.885. The third-order valence-corrected chi connectivity index (χ3v) is 4.92. The molecule has 0 saturated heterocycles. The van der Waals surface area contributed by atoms with Crippen molar-refractivity contribution < 1.29 is 4.74 Å². The molecule has 0 aromatic carbocycles. The molecule has 1 unspecified atom stereocenters. The third-order valence-electron chi connectivity index (χ3n) is 3.87. The van der Waals surface area contributed by atoms with Crippen LogP contribution in [0.1, 0.15) is 62.7 Å². The van der Waals surface area contributed by atoms with Gasteiger partial charge in [-0.25, -0.2) is 4.98 Å². The standard InChI is InChI=1S/C14H24N2OS/c1-4-17-14(8-6-5-7-9-14)13-16-12(10-18-13)11(2)15-3/h10-11,15H,4-9H2,1-3H3. The molecular formula is C14H24N2OS. The van der Waals surface area contributed by atoms with E-state index in [9.17, 15) is 0 Å². The van der Waals surface area contributed by atoms with Crippen molar-refractivity contribution in [2.24, 2.45) is 0 Å². The molecule has 0 radical (unpaired) electrons. The van der Waals surface area contributed by atoms with Crippen LogP contribution in [0.2, 0.25) is 0 Å². The molecule has 0 amide bonds. The fourth-order valence-electron chi connectivity index (χ4n) is 2.66. The molecule has 1 atom stereocenters. The van der Waals surface area contributed by atoms with E-state index in [0.717, 1.165) is 25.1 Å². The second kappa shape index (κ2) is 6.13. The predicted molar refractivity (Wildman–Crippen MR) is 76.0 cm³/mol. The first-order chi connectivity index (χ1) is 8.72. The van der Waals surface area contributed by atoms with Gasteiger partial charge in [-0.1, -0.05) is 19.3 Å². The number of thiazole rings is 1. The lowest BCUT2D eigenvalue weighted by Gasteiger charge is -2.35. The van der Waals surface area contributed by atoms with Crippen LogP contribution in [0.15, 0.2) is 5.38 Å². The van der Waals surface area contributed by atoms with Gasteiger partial charge in [0.1, 0.15) is 10.6 Å². The van der Waals surface area contributed by atoms with Gasteiger partial charge in [-0.15, -0.1) is 11.3 Å². The van der Waals surface area contributed by atoms with E-state index in [0.29, 0.717) is 6.04 Å². The van der Waals surface area contributed by atoms with Gasteiger partial charge in [-0.2, -0.15) is 0 Å². The number of hydrogen-bond acceptors (Lipinski definition) is 4. The Morgan fingerprint density at radius 1 is 1.44 bits per heavy atom. The van der Waals surface area contributed by atoms with Gasteiger partial charge in [0.2, 0.25) is 0 Å². The molecule has 1 saturated carbocycles. The van der Waals surface area contributed by atoms with Crippen LogP contribution in [0.5, 0.6) is 0 Å². The van der Waals surface area contributed by atoms with Crippen LogP contribution in [-0.2, 0) is 10.3 Å². The maximum Gasteiger partial charge on any atom is 0.125 e. The molecule has 3 nitrogen and oxygen atoms in total. The Hall–Kier alpha value is -0.450. The van der Waals surface area contributed by atoms with E-state index in [1.54, 1.807) is 11.3 Å². The highest BCUT2D eigenvalue weighted by molar-refractivity contribution is 7.09. The summed E-state index contributed by atoms with van der Waals surface area (Å²) in [7, 11) is 1.97. The largest absolute Gasteiger partial charge is 0.368 e. The van der Waals surface area contributed by atoms with E-state index in [4.69, 9.17) is 9.72 Å². The average Bonchev–Trinajstić information content (AvgIpc) is 2.89. The highest BCUT2D eigenvalue weighted by atomic mass is 32.1. The number of rotatable bonds is 5. The monoisotopic (exact) mass is 268 g/mol. The first kappa shape index (κ1) is 14.0.